The number of tetrazole rings is 1. The van der Waals surface area contributed by atoms with Crippen molar-refractivity contribution in [1.82, 2.24) is 25.2 Å². The Bertz CT molecular complexity index is 1100. The lowest BCUT2D eigenvalue weighted by Gasteiger charge is -2.06. The fourth-order valence-corrected chi connectivity index (χ4v) is 3.74. The summed E-state index contributed by atoms with van der Waals surface area (Å²) in [7, 11) is 1.63. The number of halogens is 2. The summed E-state index contributed by atoms with van der Waals surface area (Å²) in [5, 5.41) is 15.1. The zero-order chi connectivity index (χ0) is 18.8. The fraction of sp³-hybridized carbons (Fsp3) is 0.111. The lowest BCUT2D eigenvalue weighted by molar-refractivity contribution is 0.416. The molecule has 6 nitrogen and oxygen atoms in total. The van der Waals surface area contributed by atoms with Crippen molar-refractivity contribution in [3.05, 3.63) is 63.8 Å². The second-order valence-electron chi connectivity index (χ2n) is 5.64. The van der Waals surface area contributed by atoms with Crippen LogP contribution in [-0.2, 0) is 6.54 Å². The van der Waals surface area contributed by atoms with E-state index in [1.807, 2.05) is 23.6 Å². The van der Waals surface area contributed by atoms with Crippen molar-refractivity contribution in [1.29, 1.82) is 0 Å². The number of hydrogen-bond donors (Lipinski definition) is 0. The molecule has 4 rings (SSSR count). The highest BCUT2D eigenvalue weighted by Crippen LogP contribution is 2.34. The zero-order valence-corrected chi connectivity index (χ0v) is 16.5. The molecule has 0 atom stereocenters. The third-order valence-electron chi connectivity index (χ3n) is 3.78. The summed E-state index contributed by atoms with van der Waals surface area (Å²) in [6.07, 6.45) is 0. The highest BCUT2D eigenvalue weighted by Gasteiger charge is 2.13. The molecular formula is C18H13BrFN5OS. The molecule has 0 N–H and O–H groups in total. The molecule has 0 unspecified atom stereocenters. The van der Waals surface area contributed by atoms with E-state index in [0.717, 1.165) is 26.5 Å². The predicted octanol–water partition coefficient (Wildman–Crippen LogP) is 4.42. The number of nitrogens with zero attached hydrogens (tertiary/aromatic N) is 5. The third-order valence-corrected chi connectivity index (χ3v) is 5.20. The second-order valence-corrected chi connectivity index (χ2v) is 7.42. The smallest absolute Gasteiger partial charge is 0.205 e. The summed E-state index contributed by atoms with van der Waals surface area (Å²) >= 11 is 4.99. The van der Waals surface area contributed by atoms with Gasteiger partial charge in [0.05, 0.1) is 18.4 Å². The van der Waals surface area contributed by atoms with Crippen LogP contribution < -0.4 is 4.74 Å². The van der Waals surface area contributed by atoms with Gasteiger partial charge in [-0.25, -0.2) is 9.37 Å². The molecule has 2 aromatic heterocycles. The molecule has 2 aromatic carbocycles. The summed E-state index contributed by atoms with van der Waals surface area (Å²) in [5.74, 6) is 0.793. The molecule has 0 aliphatic heterocycles. The van der Waals surface area contributed by atoms with E-state index in [0.29, 0.717) is 17.9 Å². The molecule has 136 valence electrons. The van der Waals surface area contributed by atoms with Gasteiger partial charge in [-0.15, -0.1) is 21.5 Å². The van der Waals surface area contributed by atoms with E-state index in [1.54, 1.807) is 19.2 Å². The summed E-state index contributed by atoms with van der Waals surface area (Å²) in [6, 6.07) is 11.9. The molecule has 0 aliphatic carbocycles. The Labute approximate surface area is 166 Å². The monoisotopic (exact) mass is 445 g/mol. The molecule has 0 aliphatic rings. The Morgan fingerprint density at radius 1 is 1.22 bits per heavy atom. The van der Waals surface area contributed by atoms with Crippen LogP contribution in [0, 0.1) is 5.82 Å². The first-order chi connectivity index (χ1) is 13.1. The maximum atomic E-state index is 13.4. The molecule has 0 fully saturated rings. The van der Waals surface area contributed by atoms with Crippen LogP contribution in [0.5, 0.6) is 5.75 Å². The Balaban J connectivity index is 1.56. The minimum absolute atomic E-state index is 0.337. The summed E-state index contributed by atoms with van der Waals surface area (Å²) in [4.78, 5) is 6.09. The van der Waals surface area contributed by atoms with Gasteiger partial charge >= 0.3 is 0 Å². The van der Waals surface area contributed by atoms with Gasteiger partial charge in [-0.1, -0.05) is 28.1 Å². The Morgan fingerprint density at radius 3 is 2.93 bits per heavy atom. The van der Waals surface area contributed by atoms with Gasteiger partial charge in [-0.3, -0.25) is 0 Å². The van der Waals surface area contributed by atoms with E-state index in [1.165, 1.54) is 28.3 Å². The summed E-state index contributed by atoms with van der Waals surface area (Å²) < 4.78 is 19.7. The van der Waals surface area contributed by atoms with Crippen LogP contribution in [0.15, 0.2) is 52.3 Å². The Morgan fingerprint density at radius 2 is 2.11 bits per heavy atom. The topological polar surface area (TPSA) is 65.7 Å². The van der Waals surface area contributed by atoms with E-state index in [2.05, 4.69) is 36.3 Å². The van der Waals surface area contributed by atoms with Crippen molar-refractivity contribution < 1.29 is 9.13 Å². The molecule has 2 heterocycles. The van der Waals surface area contributed by atoms with E-state index >= 15 is 0 Å². The molecule has 0 bridgehead atoms. The van der Waals surface area contributed by atoms with Crippen LogP contribution in [0.25, 0.3) is 22.0 Å². The Kier molecular flexibility index (Phi) is 4.95. The van der Waals surface area contributed by atoms with Gasteiger partial charge in [0.15, 0.2) is 0 Å². The van der Waals surface area contributed by atoms with Crippen molar-refractivity contribution in [3.63, 3.8) is 0 Å². The van der Waals surface area contributed by atoms with Gasteiger partial charge in [-0.2, -0.15) is 4.80 Å². The van der Waals surface area contributed by atoms with Crippen LogP contribution in [0.3, 0.4) is 0 Å². The third kappa shape index (κ3) is 3.88. The van der Waals surface area contributed by atoms with Crippen molar-refractivity contribution in [2.45, 2.75) is 6.54 Å². The molecule has 9 heteroatoms. The first-order valence-corrected chi connectivity index (χ1v) is 9.62. The lowest BCUT2D eigenvalue weighted by Crippen LogP contribution is -2.04. The van der Waals surface area contributed by atoms with Crippen LogP contribution >= 0.6 is 27.3 Å². The largest absolute Gasteiger partial charge is 0.496 e. The molecule has 0 spiro atoms. The molecular weight excluding hydrogens is 433 g/mol. The number of aromatic nitrogens is 5. The number of thiazole rings is 1. The minimum atomic E-state index is -0.337. The van der Waals surface area contributed by atoms with Crippen molar-refractivity contribution in [2.24, 2.45) is 0 Å². The molecule has 27 heavy (non-hydrogen) atoms. The molecule has 0 amide bonds. The maximum Gasteiger partial charge on any atom is 0.205 e. The number of methoxy groups -OCH3 is 1. The molecule has 0 saturated carbocycles. The number of ether oxygens (including phenoxy) is 1. The van der Waals surface area contributed by atoms with Crippen molar-refractivity contribution >= 4 is 27.3 Å². The average Bonchev–Trinajstić information content (AvgIpc) is 3.32. The van der Waals surface area contributed by atoms with Gasteiger partial charge in [-0.05, 0) is 35.5 Å². The van der Waals surface area contributed by atoms with Gasteiger partial charge in [0.25, 0.3) is 0 Å². The van der Waals surface area contributed by atoms with Crippen LogP contribution in [0.2, 0.25) is 0 Å². The zero-order valence-electron chi connectivity index (χ0n) is 14.1. The minimum Gasteiger partial charge on any atom is -0.496 e. The van der Waals surface area contributed by atoms with Gasteiger partial charge in [0, 0.05) is 15.4 Å². The van der Waals surface area contributed by atoms with Crippen molar-refractivity contribution in [2.75, 3.05) is 7.11 Å². The van der Waals surface area contributed by atoms with Crippen molar-refractivity contribution in [3.8, 4) is 27.7 Å². The molecule has 0 saturated heterocycles. The highest BCUT2D eigenvalue weighted by molar-refractivity contribution is 9.10. The standard InChI is InChI=1S/C18H13BrFN5OS/c1-26-16-6-5-12(19)8-15(16)18-21-14(10-27-18)9-25-23-17(22-24-25)11-3-2-4-13(20)7-11/h2-8,10H,9H2,1H3. The van der Waals surface area contributed by atoms with E-state index in [4.69, 9.17) is 4.74 Å². The van der Waals surface area contributed by atoms with E-state index in [9.17, 15) is 4.39 Å². The normalized spacial score (nSPS) is 10.9. The highest BCUT2D eigenvalue weighted by atomic mass is 79.9. The SMILES string of the molecule is COc1ccc(Br)cc1-c1nc(Cn2nnc(-c3cccc(F)c3)n2)cs1. The lowest BCUT2D eigenvalue weighted by atomic mass is 10.2. The molecule has 4 aromatic rings. The quantitative estimate of drug-likeness (QED) is 0.454. The van der Waals surface area contributed by atoms with E-state index < -0.39 is 0 Å². The van der Waals surface area contributed by atoms with Gasteiger partial charge < -0.3 is 4.74 Å². The second kappa shape index (κ2) is 7.53. The maximum absolute atomic E-state index is 13.4. The fourth-order valence-electron chi connectivity index (χ4n) is 2.55. The van der Waals surface area contributed by atoms with E-state index in [-0.39, 0.29) is 5.82 Å². The Hall–Kier alpha value is -2.65. The van der Waals surface area contributed by atoms with Crippen LogP contribution in [-0.4, -0.2) is 32.3 Å². The number of hydrogen-bond acceptors (Lipinski definition) is 6. The number of benzene rings is 2. The first kappa shape index (κ1) is 17.7. The predicted molar refractivity (Wildman–Crippen MR) is 104 cm³/mol. The van der Waals surface area contributed by atoms with Crippen LogP contribution in [0.4, 0.5) is 4.39 Å². The van der Waals surface area contributed by atoms with Gasteiger partial charge in [0.1, 0.15) is 23.1 Å². The first-order valence-electron chi connectivity index (χ1n) is 7.94. The average molecular weight is 446 g/mol. The molecule has 0 radical (unpaired) electrons. The number of rotatable bonds is 5. The summed E-state index contributed by atoms with van der Waals surface area (Å²) in [5.41, 5.74) is 2.30. The summed E-state index contributed by atoms with van der Waals surface area (Å²) in [6.45, 7) is 0.370. The van der Waals surface area contributed by atoms with Crippen LogP contribution in [0.1, 0.15) is 5.69 Å². The van der Waals surface area contributed by atoms with Gasteiger partial charge in [0.2, 0.25) is 5.82 Å².